The van der Waals surface area contributed by atoms with Crippen molar-refractivity contribution in [1.29, 1.82) is 0 Å². The summed E-state index contributed by atoms with van der Waals surface area (Å²) >= 11 is 1.60. The first-order chi connectivity index (χ1) is 16.3. The number of primary sulfonamides is 1. The smallest absolute Gasteiger partial charge is 0.410 e. The molecule has 1 heterocycles. The van der Waals surface area contributed by atoms with E-state index in [4.69, 9.17) is 9.88 Å². The fraction of sp³-hybridized carbons (Fsp3) is 0.435. The lowest BCUT2D eigenvalue weighted by molar-refractivity contribution is -0.384. The third-order valence-corrected chi connectivity index (χ3v) is 7.74. The second-order valence-electron chi connectivity index (χ2n) is 9.46. The van der Waals surface area contributed by atoms with Crippen molar-refractivity contribution >= 4 is 39.3 Å². The first-order valence-electron chi connectivity index (χ1n) is 11.0. The van der Waals surface area contributed by atoms with Crippen LogP contribution in [-0.2, 0) is 14.8 Å². The van der Waals surface area contributed by atoms with Crippen LogP contribution in [0.5, 0.6) is 0 Å². The Morgan fingerprint density at radius 2 is 1.83 bits per heavy atom. The zero-order valence-electron chi connectivity index (χ0n) is 19.9. The number of likely N-dealkylation sites (tertiary alicyclic amines) is 1. The summed E-state index contributed by atoms with van der Waals surface area (Å²) in [6, 6.07) is 13.3. The maximum Gasteiger partial charge on any atom is 0.410 e. The van der Waals surface area contributed by atoms with E-state index < -0.39 is 32.2 Å². The molecule has 0 saturated carbocycles. The third-order valence-electron chi connectivity index (χ3n) is 5.52. The highest BCUT2D eigenvalue weighted by molar-refractivity contribution is 7.99. The Bertz CT molecular complexity index is 1170. The standard InChI is InChI=1S/C23H30N4O6S2/c1-22(2,3)33-21(28)26-13-11-23(12-14-26,16-34-17-7-5-4-6-8-17)25-19-10-9-18(35(24,31)32)15-20(19)27(29)30/h4-10,15,25H,11-14,16H2,1-3H3,(H2,24,31,32). The van der Waals surface area contributed by atoms with Gasteiger partial charge in [-0.2, -0.15) is 0 Å². The predicted octanol–water partition coefficient (Wildman–Crippen LogP) is 4.22. The molecule has 12 heteroatoms. The minimum Gasteiger partial charge on any atom is -0.444 e. The Hall–Kier alpha value is -2.83. The molecule has 3 N–H and O–H groups in total. The lowest BCUT2D eigenvalue weighted by atomic mass is 9.89. The van der Waals surface area contributed by atoms with Gasteiger partial charge in [-0.05, 0) is 57.9 Å². The van der Waals surface area contributed by atoms with Gasteiger partial charge in [0.05, 0.1) is 15.4 Å². The van der Waals surface area contributed by atoms with E-state index in [9.17, 15) is 23.3 Å². The van der Waals surface area contributed by atoms with Gasteiger partial charge in [-0.15, -0.1) is 11.8 Å². The number of nitro groups is 1. The van der Waals surface area contributed by atoms with Gasteiger partial charge < -0.3 is 15.0 Å². The number of carbonyl (C=O) groups is 1. The summed E-state index contributed by atoms with van der Waals surface area (Å²) in [6.45, 7) is 6.23. The van der Waals surface area contributed by atoms with Crippen molar-refractivity contribution in [2.45, 2.75) is 54.5 Å². The van der Waals surface area contributed by atoms with E-state index >= 15 is 0 Å². The summed E-state index contributed by atoms with van der Waals surface area (Å²) in [6.07, 6.45) is 0.630. The number of nitrogens with two attached hydrogens (primary N) is 1. The average molecular weight is 523 g/mol. The van der Waals surface area contributed by atoms with Gasteiger partial charge >= 0.3 is 6.09 Å². The molecule has 0 unspecified atom stereocenters. The van der Waals surface area contributed by atoms with E-state index in [1.54, 1.807) is 16.7 Å². The van der Waals surface area contributed by atoms with Crippen LogP contribution in [0.4, 0.5) is 16.2 Å². The first kappa shape index (κ1) is 26.8. The average Bonchev–Trinajstić information content (AvgIpc) is 2.77. The molecule has 1 aliphatic rings. The van der Waals surface area contributed by atoms with Crippen molar-refractivity contribution in [2.75, 3.05) is 24.2 Å². The summed E-state index contributed by atoms with van der Waals surface area (Å²) in [5, 5.41) is 20.2. The molecule has 10 nitrogen and oxygen atoms in total. The number of thioether (sulfide) groups is 1. The maximum absolute atomic E-state index is 12.6. The number of hydrogen-bond donors (Lipinski definition) is 2. The highest BCUT2D eigenvalue weighted by Gasteiger charge is 2.38. The SMILES string of the molecule is CC(C)(C)OC(=O)N1CCC(CSc2ccccc2)(Nc2ccc(S(N)(=O)=O)cc2[N+](=O)[O-])CC1. The second kappa shape index (κ2) is 10.4. The largest absolute Gasteiger partial charge is 0.444 e. The van der Waals surface area contributed by atoms with Gasteiger partial charge in [0.1, 0.15) is 11.3 Å². The van der Waals surface area contributed by atoms with Gasteiger partial charge in [0.15, 0.2) is 0 Å². The molecule has 2 aromatic rings. The normalized spacial score (nSPS) is 15.9. The lowest BCUT2D eigenvalue weighted by Gasteiger charge is -2.43. The van der Waals surface area contributed by atoms with Crippen molar-refractivity contribution in [3.8, 4) is 0 Å². The maximum atomic E-state index is 12.6. The molecule has 0 bridgehead atoms. The Morgan fingerprint density at radius 3 is 2.37 bits per heavy atom. The molecule has 2 aromatic carbocycles. The van der Waals surface area contributed by atoms with E-state index in [0.29, 0.717) is 31.7 Å². The van der Waals surface area contributed by atoms with E-state index in [2.05, 4.69) is 5.32 Å². The van der Waals surface area contributed by atoms with E-state index in [0.717, 1.165) is 11.0 Å². The van der Waals surface area contributed by atoms with Crippen molar-refractivity contribution in [3.63, 3.8) is 0 Å². The molecule has 1 fully saturated rings. The van der Waals surface area contributed by atoms with Crippen molar-refractivity contribution in [3.05, 3.63) is 58.6 Å². The summed E-state index contributed by atoms with van der Waals surface area (Å²) in [7, 11) is -4.10. The summed E-state index contributed by atoms with van der Waals surface area (Å²) in [5.74, 6) is 0.577. The Kier molecular flexibility index (Phi) is 7.97. The molecular formula is C23H30N4O6S2. The highest BCUT2D eigenvalue weighted by Crippen LogP contribution is 2.37. The number of ether oxygens (including phenoxy) is 1. The van der Waals surface area contributed by atoms with E-state index in [-0.39, 0.29) is 16.3 Å². The van der Waals surface area contributed by atoms with Crippen molar-refractivity contribution in [2.24, 2.45) is 5.14 Å². The predicted molar refractivity (Wildman–Crippen MR) is 135 cm³/mol. The van der Waals surface area contributed by atoms with Gasteiger partial charge in [0.2, 0.25) is 10.0 Å². The van der Waals surface area contributed by atoms with Gasteiger partial charge in [-0.25, -0.2) is 18.4 Å². The quantitative estimate of drug-likeness (QED) is 0.312. The van der Waals surface area contributed by atoms with Crippen LogP contribution in [0.1, 0.15) is 33.6 Å². The lowest BCUT2D eigenvalue weighted by Crippen LogP contribution is -2.53. The topological polar surface area (TPSA) is 145 Å². The van der Waals surface area contributed by atoms with Gasteiger partial charge in [-0.3, -0.25) is 10.1 Å². The summed E-state index contributed by atoms with van der Waals surface area (Å²) < 4.78 is 28.9. The molecule has 3 rings (SSSR count). The van der Waals surface area contributed by atoms with Crippen LogP contribution in [0.2, 0.25) is 0 Å². The Balaban J connectivity index is 1.87. The van der Waals surface area contributed by atoms with Crippen LogP contribution in [0.25, 0.3) is 0 Å². The van der Waals surface area contributed by atoms with Crippen LogP contribution in [0.3, 0.4) is 0 Å². The van der Waals surface area contributed by atoms with Crippen LogP contribution in [-0.4, -0.2) is 54.3 Å². The fourth-order valence-corrected chi connectivity index (χ4v) is 5.41. The number of nitrogens with one attached hydrogen (secondary N) is 1. The fourth-order valence-electron chi connectivity index (χ4n) is 3.72. The van der Waals surface area contributed by atoms with Crippen LogP contribution >= 0.6 is 11.8 Å². The monoisotopic (exact) mass is 522 g/mol. The number of anilines is 1. The van der Waals surface area contributed by atoms with Gasteiger partial charge in [0.25, 0.3) is 5.69 Å². The molecule has 0 atom stereocenters. The number of amides is 1. The number of sulfonamides is 1. The molecule has 1 saturated heterocycles. The number of piperidine rings is 1. The highest BCUT2D eigenvalue weighted by atomic mass is 32.2. The molecule has 0 radical (unpaired) electrons. The van der Waals surface area contributed by atoms with Crippen molar-refractivity contribution in [1.82, 2.24) is 4.90 Å². The number of carbonyl (C=O) groups excluding carboxylic acids is 1. The first-order valence-corrected chi connectivity index (χ1v) is 13.6. The zero-order chi connectivity index (χ0) is 25.9. The second-order valence-corrected chi connectivity index (χ2v) is 12.1. The van der Waals surface area contributed by atoms with Crippen LogP contribution < -0.4 is 10.5 Å². The molecule has 1 aliphatic heterocycles. The summed E-state index contributed by atoms with van der Waals surface area (Å²) in [4.78, 5) is 26.0. The number of hydrogen-bond acceptors (Lipinski definition) is 8. The van der Waals surface area contributed by atoms with Crippen molar-refractivity contribution < 1.29 is 22.9 Å². The van der Waals surface area contributed by atoms with E-state index in [1.165, 1.54) is 12.1 Å². The Labute approximate surface area is 209 Å². The number of nitrogens with zero attached hydrogens (tertiary/aromatic N) is 2. The molecule has 0 spiro atoms. The zero-order valence-corrected chi connectivity index (χ0v) is 21.5. The van der Waals surface area contributed by atoms with E-state index in [1.807, 2.05) is 51.1 Å². The third kappa shape index (κ3) is 7.33. The molecule has 0 aromatic heterocycles. The Morgan fingerprint density at radius 1 is 1.20 bits per heavy atom. The molecule has 0 aliphatic carbocycles. The number of rotatable bonds is 7. The minimum absolute atomic E-state index is 0.196. The minimum atomic E-state index is -4.10. The number of nitro benzene ring substituents is 1. The molecule has 190 valence electrons. The molecule has 35 heavy (non-hydrogen) atoms. The van der Waals surface area contributed by atoms with Crippen LogP contribution in [0, 0.1) is 10.1 Å². The molecular weight excluding hydrogens is 492 g/mol. The molecule has 1 amide bonds. The van der Waals surface area contributed by atoms with Gasteiger partial charge in [-0.1, -0.05) is 18.2 Å². The number of benzene rings is 2. The van der Waals surface area contributed by atoms with Gasteiger partial charge in [0, 0.05) is 29.8 Å². The summed E-state index contributed by atoms with van der Waals surface area (Å²) in [5.41, 5.74) is -1.39. The van der Waals surface area contributed by atoms with Crippen LogP contribution in [0.15, 0.2) is 58.3 Å².